The van der Waals surface area contributed by atoms with Crippen LogP contribution in [0.15, 0.2) is 61.3 Å². The first-order valence-corrected chi connectivity index (χ1v) is 14.4. The number of fused-ring (bicyclic) bond motifs is 1. The fourth-order valence-corrected chi connectivity index (χ4v) is 4.92. The topological polar surface area (TPSA) is 71.9 Å². The van der Waals surface area contributed by atoms with Crippen LogP contribution in [0, 0.1) is 0 Å². The summed E-state index contributed by atoms with van der Waals surface area (Å²) in [5, 5.41) is 10.6. The van der Waals surface area contributed by atoms with E-state index in [-0.39, 0.29) is 5.92 Å². The normalized spacial score (nSPS) is 11.6. The number of imidazole rings is 1. The van der Waals surface area contributed by atoms with Gasteiger partial charge in [-0.2, -0.15) is 0 Å². The SMILES string of the molecule is CCCCOc1cc(OCCCC)c(C(C)C)cc1-c1nnc(Cn2ccnc2)n1-c1ccc2c(ccn2C)c1. The van der Waals surface area contributed by atoms with Crippen molar-refractivity contribution in [2.45, 2.75) is 65.8 Å². The van der Waals surface area contributed by atoms with Crippen LogP contribution < -0.4 is 9.47 Å². The number of hydrogen-bond donors (Lipinski definition) is 0. The lowest BCUT2D eigenvalue weighted by Crippen LogP contribution is -2.09. The number of rotatable bonds is 13. The van der Waals surface area contributed by atoms with Crippen LogP contribution in [0.4, 0.5) is 0 Å². The van der Waals surface area contributed by atoms with Gasteiger partial charge in [-0.3, -0.25) is 4.57 Å². The molecule has 0 N–H and O–H groups in total. The molecule has 0 saturated carbocycles. The number of unbranched alkanes of at least 4 members (excludes halogenated alkanes) is 2. The van der Waals surface area contributed by atoms with Crippen LogP contribution in [0.2, 0.25) is 0 Å². The van der Waals surface area contributed by atoms with E-state index in [4.69, 9.17) is 19.7 Å². The van der Waals surface area contributed by atoms with E-state index in [0.29, 0.717) is 19.8 Å². The summed E-state index contributed by atoms with van der Waals surface area (Å²) in [5.41, 5.74) is 4.23. The van der Waals surface area contributed by atoms with Gasteiger partial charge in [0, 0.05) is 48.3 Å². The lowest BCUT2D eigenvalue weighted by atomic mass is 9.98. The molecule has 5 aromatic rings. The summed E-state index contributed by atoms with van der Waals surface area (Å²) in [4.78, 5) is 4.23. The second kappa shape index (κ2) is 12.4. The molecule has 40 heavy (non-hydrogen) atoms. The minimum atomic E-state index is 0.266. The molecule has 0 bridgehead atoms. The van der Waals surface area contributed by atoms with Gasteiger partial charge in [-0.05, 0) is 54.7 Å². The quantitative estimate of drug-likeness (QED) is 0.148. The molecule has 0 unspecified atom stereocenters. The van der Waals surface area contributed by atoms with E-state index in [2.05, 4.69) is 91.5 Å². The lowest BCUT2D eigenvalue weighted by molar-refractivity contribution is 0.292. The number of hydrogen-bond acceptors (Lipinski definition) is 5. The van der Waals surface area contributed by atoms with Gasteiger partial charge in [-0.25, -0.2) is 4.98 Å². The van der Waals surface area contributed by atoms with Crippen molar-refractivity contribution in [1.82, 2.24) is 28.9 Å². The molecular weight excluding hydrogens is 500 g/mol. The minimum absolute atomic E-state index is 0.266. The van der Waals surface area contributed by atoms with Gasteiger partial charge in [0.15, 0.2) is 11.6 Å². The Morgan fingerprint density at radius 3 is 2.35 bits per heavy atom. The molecule has 0 fully saturated rings. The predicted octanol–water partition coefficient (Wildman–Crippen LogP) is 7.15. The molecule has 0 atom stereocenters. The van der Waals surface area contributed by atoms with Gasteiger partial charge in [0.05, 0.1) is 31.6 Å². The molecule has 0 amide bonds. The fraction of sp³-hybridized carbons (Fsp3) is 0.406. The van der Waals surface area contributed by atoms with E-state index in [1.165, 1.54) is 5.52 Å². The van der Waals surface area contributed by atoms with Crippen LogP contribution in [-0.2, 0) is 13.6 Å². The second-order valence-electron chi connectivity index (χ2n) is 10.6. The zero-order chi connectivity index (χ0) is 28.1. The Kier molecular flexibility index (Phi) is 8.53. The second-order valence-corrected chi connectivity index (χ2v) is 10.6. The number of ether oxygens (including phenoxy) is 2. The van der Waals surface area contributed by atoms with Crippen molar-refractivity contribution in [2.75, 3.05) is 13.2 Å². The van der Waals surface area contributed by atoms with Crippen molar-refractivity contribution in [2.24, 2.45) is 7.05 Å². The van der Waals surface area contributed by atoms with Crippen LogP contribution in [-0.4, -0.2) is 42.1 Å². The van der Waals surface area contributed by atoms with Gasteiger partial charge >= 0.3 is 0 Å². The van der Waals surface area contributed by atoms with Crippen LogP contribution in [0.5, 0.6) is 11.5 Å². The summed E-state index contributed by atoms with van der Waals surface area (Å²) in [7, 11) is 2.06. The van der Waals surface area contributed by atoms with E-state index in [1.807, 2.05) is 10.8 Å². The molecule has 0 saturated heterocycles. The third-order valence-corrected chi connectivity index (χ3v) is 7.23. The first-order valence-electron chi connectivity index (χ1n) is 14.4. The molecule has 3 heterocycles. The first-order chi connectivity index (χ1) is 19.5. The Morgan fingerprint density at radius 2 is 1.65 bits per heavy atom. The average Bonchev–Trinajstić information content (AvgIpc) is 3.70. The molecule has 0 aliphatic heterocycles. The van der Waals surface area contributed by atoms with Crippen LogP contribution in [0.3, 0.4) is 0 Å². The summed E-state index contributed by atoms with van der Waals surface area (Å²) in [6.45, 7) is 10.6. The summed E-state index contributed by atoms with van der Waals surface area (Å²) >= 11 is 0. The number of benzene rings is 2. The zero-order valence-corrected chi connectivity index (χ0v) is 24.3. The highest BCUT2D eigenvalue weighted by Gasteiger charge is 2.23. The highest BCUT2D eigenvalue weighted by molar-refractivity contribution is 5.83. The number of aryl methyl sites for hydroxylation is 1. The molecule has 3 aromatic heterocycles. The van der Waals surface area contributed by atoms with Crippen molar-refractivity contribution < 1.29 is 9.47 Å². The Morgan fingerprint density at radius 1 is 0.875 bits per heavy atom. The molecule has 8 heteroatoms. The fourth-order valence-electron chi connectivity index (χ4n) is 4.92. The average molecular weight is 541 g/mol. The van der Waals surface area contributed by atoms with Crippen molar-refractivity contribution in [3.63, 3.8) is 0 Å². The summed E-state index contributed by atoms with van der Waals surface area (Å²) in [5.74, 6) is 3.49. The van der Waals surface area contributed by atoms with Gasteiger partial charge in [0.2, 0.25) is 0 Å². The summed E-state index contributed by atoms with van der Waals surface area (Å²) in [6, 6.07) is 12.9. The molecule has 5 rings (SSSR count). The van der Waals surface area contributed by atoms with Crippen LogP contribution in [0.25, 0.3) is 28.0 Å². The Labute approximate surface area is 236 Å². The monoisotopic (exact) mass is 540 g/mol. The molecule has 0 aliphatic carbocycles. The molecule has 0 radical (unpaired) electrons. The maximum Gasteiger partial charge on any atom is 0.172 e. The predicted molar refractivity (Wildman–Crippen MR) is 159 cm³/mol. The van der Waals surface area contributed by atoms with Crippen molar-refractivity contribution >= 4 is 10.9 Å². The summed E-state index contributed by atoms with van der Waals surface area (Å²) in [6.07, 6.45) is 11.7. The first kappa shape index (κ1) is 27.5. The van der Waals surface area contributed by atoms with E-state index in [9.17, 15) is 0 Å². The molecular formula is C32H40N6O2. The molecule has 2 aromatic carbocycles. The largest absolute Gasteiger partial charge is 0.493 e. The standard InChI is InChI=1S/C32H40N6O2/c1-6-8-16-39-29-20-30(40-17-9-7-2)27(19-26(29)23(3)4)32-35-34-31(21-37-15-13-33-22-37)38(32)25-10-11-28-24(18-25)12-14-36(28)5/h10-15,18-20,22-23H,6-9,16-17,21H2,1-5H3. The van der Waals surface area contributed by atoms with Gasteiger partial charge in [-0.1, -0.05) is 40.5 Å². The third-order valence-electron chi connectivity index (χ3n) is 7.23. The Bertz CT molecular complexity index is 1550. The van der Waals surface area contributed by atoms with Crippen molar-refractivity contribution in [1.29, 1.82) is 0 Å². The Hall–Kier alpha value is -4.07. The van der Waals surface area contributed by atoms with E-state index in [1.54, 1.807) is 12.5 Å². The highest BCUT2D eigenvalue weighted by atomic mass is 16.5. The van der Waals surface area contributed by atoms with Crippen LogP contribution >= 0.6 is 0 Å². The lowest BCUT2D eigenvalue weighted by Gasteiger charge is -2.20. The van der Waals surface area contributed by atoms with Gasteiger partial charge in [0.25, 0.3) is 0 Å². The van der Waals surface area contributed by atoms with E-state index >= 15 is 0 Å². The van der Waals surface area contributed by atoms with E-state index < -0.39 is 0 Å². The number of aromatic nitrogens is 6. The van der Waals surface area contributed by atoms with Gasteiger partial charge in [0.1, 0.15) is 11.5 Å². The maximum absolute atomic E-state index is 6.41. The zero-order valence-electron chi connectivity index (χ0n) is 24.3. The molecule has 210 valence electrons. The summed E-state index contributed by atoms with van der Waals surface area (Å²) < 4.78 is 19.0. The van der Waals surface area contributed by atoms with Crippen molar-refractivity contribution in [3.05, 3.63) is 72.7 Å². The molecule has 0 aliphatic rings. The number of nitrogens with zero attached hydrogens (tertiary/aromatic N) is 6. The van der Waals surface area contributed by atoms with Gasteiger partial charge < -0.3 is 18.6 Å². The molecule has 8 nitrogen and oxygen atoms in total. The third kappa shape index (κ3) is 5.76. The van der Waals surface area contributed by atoms with Crippen molar-refractivity contribution in [3.8, 4) is 28.6 Å². The van der Waals surface area contributed by atoms with Crippen LogP contribution in [0.1, 0.15) is 70.7 Å². The maximum atomic E-state index is 6.41. The van der Waals surface area contributed by atoms with E-state index in [0.717, 1.165) is 71.0 Å². The smallest absolute Gasteiger partial charge is 0.172 e. The Balaban J connectivity index is 1.68. The molecule has 0 spiro atoms. The minimum Gasteiger partial charge on any atom is -0.493 e. The van der Waals surface area contributed by atoms with Gasteiger partial charge in [-0.15, -0.1) is 10.2 Å². The highest BCUT2D eigenvalue weighted by Crippen LogP contribution is 2.40.